The first-order valence-electron chi connectivity index (χ1n) is 28.4. The summed E-state index contributed by atoms with van der Waals surface area (Å²) in [4.78, 5) is 76.5. The van der Waals surface area contributed by atoms with Crippen LogP contribution in [0.15, 0.2) is 84.6 Å². The third-order valence-corrected chi connectivity index (χ3v) is 17.8. The molecule has 2 unspecified atom stereocenters. The van der Waals surface area contributed by atoms with Gasteiger partial charge in [-0.1, -0.05) is 70.0 Å². The molecule has 0 spiro atoms. The van der Waals surface area contributed by atoms with Crippen LogP contribution in [0.1, 0.15) is 92.9 Å². The van der Waals surface area contributed by atoms with E-state index in [2.05, 4.69) is 45.6 Å². The van der Waals surface area contributed by atoms with E-state index < -0.39 is 76.3 Å². The average Bonchev–Trinajstić information content (AvgIpc) is 4.31. The molecule has 6 heterocycles. The molecule has 21 heteroatoms. The molecule has 3 amide bonds. The highest BCUT2D eigenvalue weighted by molar-refractivity contribution is 7.13. The second-order valence-corrected chi connectivity index (χ2v) is 24.5. The second kappa shape index (κ2) is 24.6. The number of aliphatic hydroxyl groups excluding tert-OH is 1. The number of nitrogens with one attached hydrogen (secondary N) is 4. The lowest BCUT2D eigenvalue weighted by Crippen LogP contribution is -2.59. The summed E-state index contributed by atoms with van der Waals surface area (Å²) < 4.78 is 73.6. The number of hydrogen-bond acceptors (Lipinski definition) is 12. The minimum atomic E-state index is -4.68. The number of rotatable bonds is 17. The summed E-state index contributed by atoms with van der Waals surface area (Å²) in [5, 5.41) is 19.2. The Balaban J connectivity index is 0.681. The van der Waals surface area contributed by atoms with Crippen molar-refractivity contribution in [3.05, 3.63) is 119 Å². The molecule has 3 aliphatic heterocycles. The number of β-amino-alcohol motifs (C(OH)–C–C–N with tert-alkyl or cyclic N) is 1. The van der Waals surface area contributed by atoms with Crippen LogP contribution in [0.4, 0.5) is 33.3 Å². The Kier molecular flexibility index (Phi) is 17.5. The molecular formula is C61H71F5N10O5S. The maximum Gasteiger partial charge on any atom is 0.408 e. The van der Waals surface area contributed by atoms with E-state index in [0.717, 1.165) is 104 Å². The van der Waals surface area contributed by atoms with Crippen LogP contribution in [-0.4, -0.2) is 148 Å². The van der Waals surface area contributed by atoms with E-state index in [9.17, 15) is 37.5 Å². The molecule has 1 saturated carbocycles. The highest BCUT2D eigenvalue weighted by atomic mass is 32.1. The van der Waals surface area contributed by atoms with Crippen LogP contribution in [0.5, 0.6) is 0 Å². The summed E-state index contributed by atoms with van der Waals surface area (Å²) in [7, 11) is 0. The normalized spacial score (nSPS) is 19.6. The summed E-state index contributed by atoms with van der Waals surface area (Å²) in [5.74, 6) is -4.90. The molecule has 0 bridgehead atoms. The number of aromatic amines is 1. The van der Waals surface area contributed by atoms with E-state index in [1.807, 2.05) is 81.7 Å². The number of aryl methyl sites for hydroxylation is 1. The molecule has 82 heavy (non-hydrogen) atoms. The predicted molar refractivity (Wildman–Crippen MR) is 306 cm³/mol. The first-order valence-corrected chi connectivity index (χ1v) is 29.2. The number of H-pyrrole nitrogens is 1. The number of benzene rings is 3. The number of fused-ring (bicyclic) bond motifs is 1. The van der Waals surface area contributed by atoms with Crippen molar-refractivity contribution in [3.8, 4) is 21.6 Å². The number of hydrogen-bond donors (Lipinski definition) is 5. The average molecular weight is 1150 g/mol. The van der Waals surface area contributed by atoms with Gasteiger partial charge in [-0.3, -0.25) is 29.0 Å². The van der Waals surface area contributed by atoms with Gasteiger partial charge in [-0.05, 0) is 110 Å². The smallest absolute Gasteiger partial charge is 0.391 e. The van der Waals surface area contributed by atoms with Crippen LogP contribution < -0.4 is 20.9 Å². The van der Waals surface area contributed by atoms with Crippen LogP contribution in [-0.2, 0) is 20.9 Å². The van der Waals surface area contributed by atoms with Crippen molar-refractivity contribution in [2.45, 2.75) is 110 Å². The summed E-state index contributed by atoms with van der Waals surface area (Å²) in [6.45, 7) is 13.8. The quantitative estimate of drug-likeness (QED) is 0.0434. The summed E-state index contributed by atoms with van der Waals surface area (Å²) in [6, 6.07) is 15.4. The molecule has 4 atom stereocenters. The van der Waals surface area contributed by atoms with Crippen molar-refractivity contribution < 1.29 is 46.2 Å². The molecule has 436 valence electrons. The number of aliphatic hydroxyl groups is 1. The number of piperidine rings is 1. The SMILES string of the molecule is Cc1ncsc1-c1ccc(CNC(=O)[C@@H]2C[C@@H](O)CN2C(=O)C(NC(=O)CN2CCC(CN3CCN(c4ccc(-c5cnc6[nH]cc(C(=O)c7c(F)ccc(NC(C8CCCC8)C(F)(F)F)c7F)c6c5)cc4)CC3)CC2)C(C)(C)C)cc1. The Hall–Kier alpha value is -6.81. The predicted octanol–water partition coefficient (Wildman–Crippen LogP) is 9.35. The van der Waals surface area contributed by atoms with E-state index >= 15 is 8.78 Å². The Morgan fingerprint density at radius 2 is 1.54 bits per heavy atom. The number of nitrogens with zero attached hydrogens (tertiary/aromatic N) is 6. The van der Waals surface area contributed by atoms with Gasteiger partial charge in [0.1, 0.15) is 29.6 Å². The molecule has 4 aliphatic rings. The van der Waals surface area contributed by atoms with Gasteiger partial charge >= 0.3 is 6.18 Å². The van der Waals surface area contributed by atoms with Gasteiger partial charge in [0.05, 0.1) is 40.0 Å². The van der Waals surface area contributed by atoms with E-state index in [-0.39, 0.29) is 43.4 Å². The fourth-order valence-electron chi connectivity index (χ4n) is 12.2. The molecule has 15 nitrogen and oxygen atoms in total. The molecule has 3 aromatic heterocycles. The van der Waals surface area contributed by atoms with Crippen LogP contribution in [0.25, 0.3) is 32.6 Å². The van der Waals surface area contributed by atoms with Crippen molar-refractivity contribution in [3.63, 3.8) is 0 Å². The largest absolute Gasteiger partial charge is 0.408 e. The van der Waals surface area contributed by atoms with Gasteiger partial charge in [-0.25, -0.2) is 18.7 Å². The van der Waals surface area contributed by atoms with Crippen LogP contribution in [0.3, 0.4) is 0 Å². The molecule has 10 rings (SSSR count). The molecule has 6 aromatic rings. The topological polar surface area (TPSA) is 179 Å². The van der Waals surface area contributed by atoms with Gasteiger partial charge in [-0.15, -0.1) is 11.3 Å². The Bertz CT molecular complexity index is 3250. The van der Waals surface area contributed by atoms with Gasteiger partial charge in [0.2, 0.25) is 23.5 Å². The number of carbonyl (C=O) groups excluding carboxylic acids is 4. The molecular weight excluding hydrogens is 1080 g/mol. The Morgan fingerprint density at radius 1 is 0.841 bits per heavy atom. The number of likely N-dealkylation sites (tertiary alicyclic amines) is 2. The van der Waals surface area contributed by atoms with Crippen LogP contribution in [0, 0.1) is 35.8 Å². The lowest BCUT2D eigenvalue weighted by Gasteiger charge is -2.40. The van der Waals surface area contributed by atoms with Gasteiger partial charge < -0.3 is 35.8 Å². The van der Waals surface area contributed by atoms with E-state index in [0.29, 0.717) is 48.2 Å². The minimum Gasteiger partial charge on any atom is -0.391 e. The van der Waals surface area contributed by atoms with Gasteiger partial charge in [0.25, 0.3) is 0 Å². The summed E-state index contributed by atoms with van der Waals surface area (Å²) >= 11 is 1.57. The van der Waals surface area contributed by atoms with Crippen molar-refractivity contribution in [1.82, 2.24) is 40.3 Å². The molecule has 0 radical (unpaired) electrons. The number of pyridine rings is 1. The van der Waals surface area contributed by atoms with E-state index in [1.54, 1.807) is 23.6 Å². The van der Waals surface area contributed by atoms with E-state index in [1.165, 1.54) is 11.1 Å². The number of carbonyl (C=O) groups is 4. The first kappa shape index (κ1) is 58.4. The minimum absolute atomic E-state index is 0.00182. The van der Waals surface area contributed by atoms with Crippen LogP contribution >= 0.6 is 11.3 Å². The van der Waals surface area contributed by atoms with Gasteiger partial charge in [0, 0.05) is 86.8 Å². The monoisotopic (exact) mass is 1150 g/mol. The maximum absolute atomic E-state index is 16.0. The molecule has 1 aliphatic carbocycles. The number of halogens is 5. The van der Waals surface area contributed by atoms with Crippen LogP contribution in [0.2, 0.25) is 0 Å². The second-order valence-electron chi connectivity index (χ2n) is 23.6. The zero-order valence-corrected chi connectivity index (χ0v) is 47.4. The zero-order valence-electron chi connectivity index (χ0n) is 46.6. The molecule has 3 aromatic carbocycles. The number of ketones is 1. The molecule has 4 fully saturated rings. The molecule has 3 saturated heterocycles. The van der Waals surface area contributed by atoms with Crippen molar-refractivity contribution in [2.75, 3.05) is 69.1 Å². The number of piperazine rings is 1. The van der Waals surface area contributed by atoms with Gasteiger partial charge in [0.15, 0.2) is 5.82 Å². The summed E-state index contributed by atoms with van der Waals surface area (Å²) in [5.41, 5.74) is 5.23. The lowest BCUT2D eigenvalue weighted by atomic mass is 9.85. The third kappa shape index (κ3) is 13.2. The fraction of sp³-hybridized carbons (Fsp3) is 0.475. The number of amides is 3. The number of alkyl halides is 3. The summed E-state index contributed by atoms with van der Waals surface area (Å²) in [6.07, 6.45) is 1.27. The number of anilines is 2. The first-order chi connectivity index (χ1) is 39.2. The van der Waals surface area contributed by atoms with Crippen molar-refractivity contribution in [1.29, 1.82) is 0 Å². The van der Waals surface area contributed by atoms with Crippen molar-refractivity contribution >= 4 is 57.2 Å². The number of aromatic nitrogens is 3. The van der Waals surface area contributed by atoms with Crippen molar-refractivity contribution in [2.24, 2.45) is 17.3 Å². The van der Waals surface area contributed by atoms with Gasteiger partial charge in [-0.2, -0.15) is 13.2 Å². The highest BCUT2D eigenvalue weighted by Gasteiger charge is 2.47. The zero-order chi connectivity index (χ0) is 58.0. The Labute approximate surface area is 478 Å². The third-order valence-electron chi connectivity index (χ3n) is 16.9. The number of thiazole rings is 1. The Morgan fingerprint density at radius 3 is 2.20 bits per heavy atom. The molecule has 5 N–H and O–H groups in total. The maximum atomic E-state index is 16.0. The van der Waals surface area contributed by atoms with E-state index in [4.69, 9.17) is 0 Å². The highest BCUT2D eigenvalue weighted by Crippen LogP contribution is 2.39. The standard InChI is InChI=1S/C61H71F5N10O5S/c1-36-54(82-35-70-36)40-11-9-37(10-12-40)29-69-58(80)49-28-44(77)33-76(49)59(81)56(60(2,3)4)72-50(78)34-73-21-19-38(20-22-73)32-74-23-25-75(26-24-74)43-15-13-39(14-16-43)42-27-45-46(31-68-57(45)67-30-42)53(79)51-47(62)17-18-48(52(51)63)71-55(61(64,65)66)41-7-5-6-8-41/h9-18,27,30-31,35,38,41,44,49,55-56,71,77H,5-8,19-26,28-29,32-34H2,1-4H3,(H,67,68)(H,69,80)(H,72,78)/t44-,49+,55?,56?/m1/s1. The lowest BCUT2D eigenvalue weighted by molar-refractivity contribution is -0.153. The fourth-order valence-corrected chi connectivity index (χ4v) is 13.0.